The van der Waals surface area contributed by atoms with E-state index in [1.807, 2.05) is 45.0 Å². The highest BCUT2D eigenvalue weighted by Gasteiger charge is 2.19. The van der Waals surface area contributed by atoms with Crippen molar-refractivity contribution in [2.75, 3.05) is 12.4 Å². The highest BCUT2D eigenvalue weighted by Crippen LogP contribution is 2.34. The molecule has 0 saturated heterocycles. The van der Waals surface area contributed by atoms with E-state index < -0.39 is 5.91 Å². The van der Waals surface area contributed by atoms with Crippen LogP contribution < -0.4 is 15.4 Å². The Morgan fingerprint density at radius 1 is 0.976 bits per heavy atom. The van der Waals surface area contributed by atoms with Crippen molar-refractivity contribution in [1.82, 2.24) is 20.3 Å². The fraction of sp³-hybridized carbons (Fsp3) is 0.161. The molecule has 0 spiro atoms. The number of pyridine rings is 2. The highest BCUT2D eigenvalue weighted by molar-refractivity contribution is 7.22. The Balaban J connectivity index is 1.41. The van der Waals surface area contributed by atoms with Gasteiger partial charge in [0.2, 0.25) is 0 Å². The molecule has 0 atom stereocenters. The Labute approximate surface area is 240 Å². The second-order valence-corrected chi connectivity index (χ2v) is 10.6. The zero-order valence-electron chi connectivity index (χ0n) is 22.9. The van der Waals surface area contributed by atoms with Crippen LogP contribution in [0.25, 0.3) is 32.7 Å². The molecule has 5 aromatic rings. The van der Waals surface area contributed by atoms with Crippen molar-refractivity contribution in [3.05, 3.63) is 89.2 Å². The molecule has 0 aliphatic rings. The van der Waals surface area contributed by atoms with Crippen molar-refractivity contribution in [3.8, 4) is 34.2 Å². The Kier molecular flexibility index (Phi) is 7.72. The van der Waals surface area contributed by atoms with Gasteiger partial charge in [-0.2, -0.15) is 5.26 Å². The highest BCUT2D eigenvalue weighted by atomic mass is 32.1. The van der Waals surface area contributed by atoms with Crippen LogP contribution >= 0.6 is 11.3 Å². The van der Waals surface area contributed by atoms with Gasteiger partial charge in [-0.1, -0.05) is 23.5 Å². The van der Waals surface area contributed by atoms with Gasteiger partial charge < -0.3 is 10.1 Å². The third-order valence-corrected chi connectivity index (χ3v) is 7.12. The van der Waals surface area contributed by atoms with E-state index >= 15 is 0 Å². The molecule has 3 aromatic heterocycles. The summed E-state index contributed by atoms with van der Waals surface area (Å²) in [6, 6.07) is 20.0. The monoisotopic (exact) mass is 562 g/mol. The lowest BCUT2D eigenvalue weighted by Crippen LogP contribution is -2.29. The van der Waals surface area contributed by atoms with Crippen LogP contribution in [0.2, 0.25) is 0 Å². The van der Waals surface area contributed by atoms with Crippen LogP contribution in [-0.4, -0.2) is 39.9 Å². The zero-order chi connectivity index (χ0) is 29.1. The summed E-state index contributed by atoms with van der Waals surface area (Å²) in [5.74, 6) is 0.0151. The molecule has 0 radical (unpaired) electrons. The molecule has 0 unspecified atom stereocenters. The fourth-order valence-corrected chi connectivity index (χ4v) is 5.12. The molecule has 5 rings (SSSR count). The van der Waals surface area contributed by atoms with Crippen molar-refractivity contribution >= 4 is 38.6 Å². The van der Waals surface area contributed by atoms with E-state index in [2.05, 4.69) is 26.7 Å². The molecular formula is C31H26N6O3S. The van der Waals surface area contributed by atoms with Gasteiger partial charge in [0.25, 0.3) is 11.8 Å². The quantitative estimate of drug-likeness (QED) is 0.249. The summed E-state index contributed by atoms with van der Waals surface area (Å²) in [4.78, 5) is 40.0. The summed E-state index contributed by atoms with van der Waals surface area (Å²) in [5.41, 5.74) is 5.50. The van der Waals surface area contributed by atoms with Crippen molar-refractivity contribution in [2.45, 2.75) is 26.8 Å². The van der Waals surface area contributed by atoms with Gasteiger partial charge in [0.1, 0.15) is 16.1 Å². The van der Waals surface area contributed by atoms with Crippen molar-refractivity contribution < 1.29 is 14.3 Å². The first kappa shape index (κ1) is 27.4. The zero-order valence-corrected chi connectivity index (χ0v) is 23.7. The number of benzene rings is 2. The maximum atomic E-state index is 13.4. The van der Waals surface area contributed by atoms with E-state index in [-0.39, 0.29) is 11.9 Å². The van der Waals surface area contributed by atoms with Gasteiger partial charge in [0.05, 0.1) is 30.0 Å². The number of carbonyl (C=O) groups excluding carboxylic acids is 2. The predicted molar refractivity (Wildman–Crippen MR) is 159 cm³/mol. The predicted octanol–water partition coefficient (Wildman–Crippen LogP) is 6.00. The first-order valence-corrected chi connectivity index (χ1v) is 13.6. The summed E-state index contributed by atoms with van der Waals surface area (Å²) < 4.78 is 5.51. The number of thiazole rings is 1. The molecule has 2 aromatic carbocycles. The van der Waals surface area contributed by atoms with Crippen LogP contribution in [0.4, 0.5) is 5.13 Å². The van der Waals surface area contributed by atoms with Gasteiger partial charge in [-0.3, -0.25) is 19.9 Å². The number of aryl methyl sites for hydroxylation is 1. The topological polar surface area (TPSA) is 130 Å². The largest absolute Gasteiger partial charge is 0.496 e. The van der Waals surface area contributed by atoms with Gasteiger partial charge in [-0.05, 0) is 69.3 Å². The van der Waals surface area contributed by atoms with Gasteiger partial charge in [0, 0.05) is 40.2 Å². The Morgan fingerprint density at radius 2 is 1.76 bits per heavy atom. The van der Waals surface area contributed by atoms with Crippen LogP contribution in [0.1, 0.15) is 45.8 Å². The Hall–Kier alpha value is -5.14. The number of aromatic nitrogens is 3. The number of anilines is 1. The van der Waals surface area contributed by atoms with E-state index in [1.165, 1.54) is 17.5 Å². The lowest BCUT2D eigenvalue weighted by molar-refractivity contribution is 0.0942. The molecule has 0 aliphatic carbocycles. The SMILES string of the molecule is COc1ccc(C#N)cc1-c1cc(C)ncc1C(=O)Nc1nc2ccc(-c3ccc(C(=O)NC(C)C)cc3)nc2s1. The van der Waals surface area contributed by atoms with Crippen LogP contribution in [0.5, 0.6) is 5.75 Å². The Morgan fingerprint density at radius 3 is 2.46 bits per heavy atom. The average Bonchev–Trinajstić information content (AvgIpc) is 3.37. The van der Waals surface area contributed by atoms with Crippen molar-refractivity contribution in [2.24, 2.45) is 0 Å². The van der Waals surface area contributed by atoms with Crippen molar-refractivity contribution in [1.29, 1.82) is 5.26 Å². The summed E-state index contributed by atoms with van der Waals surface area (Å²) >= 11 is 1.26. The number of ether oxygens (including phenoxy) is 1. The summed E-state index contributed by atoms with van der Waals surface area (Å²) in [6.45, 7) is 5.66. The number of hydrogen-bond acceptors (Lipinski definition) is 8. The second kappa shape index (κ2) is 11.5. The average molecular weight is 563 g/mol. The van der Waals surface area contributed by atoms with E-state index in [0.29, 0.717) is 54.7 Å². The van der Waals surface area contributed by atoms with Gasteiger partial charge in [-0.15, -0.1) is 0 Å². The van der Waals surface area contributed by atoms with E-state index in [9.17, 15) is 14.9 Å². The van der Waals surface area contributed by atoms with Gasteiger partial charge in [-0.25, -0.2) is 9.97 Å². The number of carbonyl (C=O) groups is 2. The molecule has 2 N–H and O–H groups in total. The normalized spacial score (nSPS) is 10.8. The number of nitriles is 1. The minimum absolute atomic E-state index is 0.0544. The molecule has 2 amide bonds. The molecule has 0 saturated carbocycles. The molecule has 0 bridgehead atoms. The van der Waals surface area contributed by atoms with Crippen LogP contribution in [-0.2, 0) is 0 Å². The van der Waals surface area contributed by atoms with Crippen LogP contribution in [0, 0.1) is 18.3 Å². The van der Waals surface area contributed by atoms with Crippen LogP contribution in [0.15, 0.2) is 66.9 Å². The van der Waals surface area contributed by atoms with E-state index in [0.717, 1.165) is 11.3 Å². The minimum Gasteiger partial charge on any atom is -0.496 e. The fourth-order valence-electron chi connectivity index (χ4n) is 4.29. The summed E-state index contributed by atoms with van der Waals surface area (Å²) in [7, 11) is 1.54. The molecule has 0 aliphatic heterocycles. The maximum Gasteiger partial charge on any atom is 0.259 e. The lowest BCUT2D eigenvalue weighted by atomic mass is 9.97. The lowest BCUT2D eigenvalue weighted by Gasteiger charge is -2.13. The molecule has 9 nitrogen and oxygen atoms in total. The number of fused-ring (bicyclic) bond motifs is 1. The molecule has 41 heavy (non-hydrogen) atoms. The standard InChI is InChI=1S/C31H26N6O3S/c1-17(2)34-28(38)21-8-6-20(7-9-21)25-10-11-26-30(35-25)41-31(36-26)37-29(39)24-16-33-18(3)13-22(24)23-14-19(15-32)5-12-27(23)40-4/h5-14,16-17H,1-4H3,(H,34,38)(H,36,37,39). The number of methoxy groups -OCH3 is 1. The van der Waals surface area contributed by atoms with E-state index in [4.69, 9.17) is 9.72 Å². The molecule has 0 fully saturated rings. The first-order valence-electron chi connectivity index (χ1n) is 12.8. The maximum absolute atomic E-state index is 13.4. The number of nitrogens with zero attached hydrogens (tertiary/aromatic N) is 4. The van der Waals surface area contributed by atoms with Crippen LogP contribution in [0.3, 0.4) is 0 Å². The third kappa shape index (κ3) is 5.90. The summed E-state index contributed by atoms with van der Waals surface area (Å²) in [5, 5.41) is 15.6. The molecule has 204 valence electrons. The number of rotatable bonds is 7. The summed E-state index contributed by atoms with van der Waals surface area (Å²) in [6.07, 6.45) is 1.51. The molecular weight excluding hydrogens is 536 g/mol. The van der Waals surface area contributed by atoms with Gasteiger partial charge in [0.15, 0.2) is 5.13 Å². The minimum atomic E-state index is -0.397. The molecule has 10 heteroatoms. The number of nitrogens with one attached hydrogen (secondary N) is 2. The number of amides is 2. The first-order chi connectivity index (χ1) is 19.7. The third-order valence-electron chi connectivity index (χ3n) is 6.24. The van der Waals surface area contributed by atoms with Gasteiger partial charge >= 0.3 is 0 Å². The number of hydrogen-bond donors (Lipinski definition) is 2. The smallest absolute Gasteiger partial charge is 0.259 e. The molecule has 3 heterocycles. The Bertz CT molecular complexity index is 1820. The second-order valence-electron chi connectivity index (χ2n) is 9.60. The van der Waals surface area contributed by atoms with Crippen molar-refractivity contribution in [3.63, 3.8) is 0 Å². The van der Waals surface area contributed by atoms with E-state index in [1.54, 1.807) is 43.5 Å².